The number of rotatable bonds is 2. The average molecular weight is 223 g/mol. The van der Waals surface area contributed by atoms with Gasteiger partial charge in [0, 0.05) is 0 Å². The number of halogens is 1. The molecule has 5 nitrogen and oxygen atoms in total. The van der Waals surface area contributed by atoms with Crippen molar-refractivity contribution in [2.24, 2.45) is 0 Å². The van der Waals surface area contributed by atoms with Gasteiger partial charge in [-0.1, -0.05) is 12.1 Å². The lowest BCUT2D eigenvalue weighted by molar-refractivity contribution is 0.269. The Morgan fingerprint density at radius 1 is 1.27 bits per heavy atom. The van der Waals surface area contributed by atoms with Crippen LogP contribution in [0.2, 0.25) is 0 Å². The first kappa shape index (κ1) is 9.67. The van der Waals surface area contributed by atoms with Crippen molar-refractivity contribution < 1.29 is 4.79 Å². The molecular weight excluding hydrogens is 216 g/mol. The van der Waals surface area contributed by atoms with Crippen LogP contribution in [0.25, 0.3) is 5.69 Å². The van der Waals surface area contributed by atoms with E-state index in [-0.39, 0.29) is 0 Å². The molecule has 1 aromatic carbocycles. The Labute approximate surface area is 90.7 Å². The largest absolute Gasteiger partial charge is 0.318 e. The summed E-state index contributed by atoms with van der Waals surface area (Å²) in [5.74, 6) is 0. The van der Waals surface area contributed by atoms with Crippen LogP contribution in [0.15, 0.2) is 36.7 Å². The molecule has 0 saturated carbocycles. The summed E-state index contributed by atoms with van der Waals surface area (Å²) in [5.41, 5.74) is 1.23. The molecule has 0 bridgehead atoms. The predicted molar refractivity (Wildman–Crippen MR) is 56.2 cm³/mol. The molecule has 1 amide bonds. The normalized spacial score (nSPS) is 9.93. The van der Waals surface area contributed by atoms with Gasteiger partial charge in [-0.2, -0.15) is 10.2 Å². The molecule has 0 aliphatic carbocycles. The van der Waals surface area contributed by atoms with Crippen molar-refractivity contribution in [3.05, 3.63) is 36.7 Å². The van der Waals surface area contributed by atoms with E-state index in [0.717, 1.165) is 0 Å². The minimum absolute atomic E-state index is 0.564. The van der Waals surface area contributed by atoms with Crippen molar-refractivity contribution in [2.45, 2.75) is 0 Å². The van der Waals surface area contributed by atoms with Gasteiger partial charge in [0.2, 0.25) is 0 Å². The van der Waals surface area contributed by atoms with Crippen molar-refractivity contribution in [1.82, 2.24) is 15.0 Å². The van der Waals surface area contributed by atoms with E-state index >= 15 is 0 Å². The van der Waals surface area contributed by atoms with Gasteiger partial charge < -0.3 is 5.32 Å². The van der Waals surface area contributed by atoms with E-state index in [1.54, 1.807) is 30.6 Å². The van der Waals surface area contributed by atoms with Gasteiger partial charge >= 0.3 is 5.37 Å². The molecule has 0 radical (unpaired) electrons. The first-order valence-electron chi connectivity index (χ1n) is 4.19. The van der Waals surface area contributed by atoms with Crippen LogP contribution in [0.1, 0.15) is 0 Å². The zero-order valence-electron chi connectivity index (χ0n) is 7.59. The summed E-state index contributed by atoms with van der Waals surface area (Å²) < 4.78 is 0. The lowest BCUT2D eigenvalue weighted by atomic mass is 10.3. The first-order valence-corrected chi connectivity index (χ1v) is 4.57. The maximum Gasteiger partial charge on any atom is 0.318 e. The number of nitrogens with one attached hydrogen (secondary N) is 1. The maximum absolute atomic E-state index is 10.7. The number of hydrogen-bond acceptors (Lipinski definition) is 3. The van der Waals surface area contributed by atoms with Gasteiger partial charge in [-0.25, -0.2) is 0 Å². The molecule has 0 saturated heterocycles. The summed E-state index contributed by atoms with van der Waals surface area (Å²) >= 11 is 5.25. The number of nitrogens with zero attached hydrogens (tertiary/aromatic N) is 3. The molecule has 1 N–H and O–H groups in total. The van der Waals surface area contributed by atoms with E-state index in [0.29, 0.717) is 11.4 Å². The highest BCUT2D eigenvalue weighted by molar-refractivity contribution is 6.65. The number of carbonyl (C=O) groups excluding carboxylic acids is 1. The van der Waals surface area contributed by atoms with Gasteiger partial charge in [0.25, 0.3) is 0 Å². The van der Waals surface area contributed by atoms with Crippen LogP contribution in [0.4, 0.5) is 10.5 Å². The summed E-state index contributed by atoms with van der Waals surface area (Å²) in [6, 6.07) is 7.11. The third-order valence-corrected chi connectivity index (χ3v) is 1.87. The SMILES string of the molecule is O=C(Cl)Nc1ccccc1-n1nccn1. The molecule has 15 heavy (non-hydrogen) atoms. The minimum Gasteiger partial charge on any atom is -0.310 e. The topological polar surface area (TPSA) is 59.8 Å². The molecule has 0 atom stereocenters. The van der Waals surface area contributed by atoms with E-state index in [4.69, 9.17) is 11.6 Å². The number of anilines is 1. The van der Waals surface area contributed by atoms with Crippen LogP contribution in [0, 0.1) is 0 Å². The Balaban J connectivity index is 2.42. The highest BCUT2D eigenvalue weighted by Crippen LogP contribution is 2.18. The van der Waals surface area contributed by atoms with Crippen LogP contribution in [0.3, 0.4) is 0 Å². The molecule has 76 valence electrons. The van der Waals surface area contributed by atoms with Gasteiger partial charge in [0.05, 0.1) is 18.1 Å². The van der Waals surface area contributed by atoms with E-state index in [1.165, 1.54) is 4.80 Å². The molecule has 2 rings (SSSR count). The smallest absolute Gasteiger partial charge is 0.310 e. The van der Waals surface area contributed by atoms with Gasteiger partial charge in [0.1, 0.15) is 5.69 Å². The summed E-state index contributed by atoms with van der Waals surface area (Å²) in [4.78, 5) is 12.1. The molecular formula is C9H7ClN4O. The van der Waals surface area contributed by atoms with Crippen LogP contribution in [-0.2, 0) is 0 Å². The first-order chi connectivity index (χ1) is 7.27. The van der Waals surface area contributed by atoms with Crippen LogP contribution >= 0.6 is 11.6 Å². The number of para-hydroxylation sites is 2. The summed E-state index contributed by atoms with van der Waals surface area (Å²) in [7, 11) is 0. The van der Waals surface area contributed by atoms with Gasteiger partial charge in [0.15, 0.2) is 0 Å². The van der Waals surface area contributed by atoms with E-state index in [2.05, 4.69) is 15.5 Å². The maximum atomic E-state index is 10.7. The summed E-state index contributed by atoms with van der Waals surface area (Å²) in [6.45, 7) is 0. The minimum atomic E-state index is -0.644. The molecule has 0 aliphatic heterocycles. The fraction of sp³-hybridized carbons (Fsp3) is 0. The summed E-state index contributed by atoms with van der Waals surface area (Å²) in [5, 5.41) is 9.77. The van der Waals surface area contributed by atoms with E-state index < -0.39 is 5.37 Å². The van der Waals surface area contributed by atoms with Crippen molar-refractivity contribution in [1.29, 1.82) is 0 Å². The third kappa shape index (κ3) is 2.13. The van der Waals surface area contributed by atoms with Crippen LogP contribution in [-0.4, -0.2) is 20.4 Å². The Kier molecular flexibility index (Phi) is 2.64. The second-order valence-corrected chi connectivity index (χ2v) is 3.08. The molecule has 0 spiro atoms. The lowest BCUT2D eigenvalue weighted by Gasteiger charge is -2.06. The highest BCUT2D eigenvalue weighted by atomic mass is 35.5. The van der Waals surface area contributed by atoms with E-state index in [1.807, 2.05) is 6.07 Å². The number of amides is 1. The van der Waals surface area contributed by atoms with Gasteiger partial charge in [-0.05, 0) is 23.7 Å². The van der Waals surface area contributed by atoms with Crippen molar-refractivity contribution in [3.8, 4) is 5.69 Å². The molecule has 1 aromatic heterocycles. The Morgan fingerprint density at radius 3 is 2.60 bits per heavy atom. The van der Waals surface area contributed by atoms with Gasteiger partial charge in [-0.3, -0.25) is 4.79 Å². The molecule has 6 heteroatoms. The Bertz CT molecular complexity index is 469. The monoisotopic (exact) mass is 222 g/mol. The van der Waals surface area contributed by atoms with Crippen molar-refractivity contribution in [2.75, 3.05) is 5.32 Å². The quantitative estimate of drug-likeness (QED) is 0.625. The predicted octanol–water partition coefficient (Wildman–Crippen LogP) is 2.04. The van der Waals surface area contributed by atoms with Crippen molar-refractivity contribution >= 4 is 22.7 Å². The van der Waals surface area contributed by atoms with Crippen molar-refractivity contribution in [3.63, 3.8) is 0 Å². The lowest BCUT2D eigenvalue weighted by Crippen LogP contribution is -2.07. The zero-order valence-corrected chi connectivity index (χ0v) is 8.35. The standard InChI is InChI=1S/C9H7ClN4O/c10-9(15)13-7-3-1-2-4-8(7)14-11-5-6-12-14/h1-6H,(H,13,15). The van der Waals surface area contributed by atoms with Crippen LogP contribution in [0.5, 0.6) is 0 Å². The fourth-order valence-corrected chi connectivity index (χ4v) is 1.30. The Morgan fingerprint density at radius 2 is 1.93 bits per heavy atom. The van der Waals surface area contributed by atoms with E-state index in [9.17, 15) is 4.79 Å². The Hall–Kier alpha value is -1.88. The number of carbonyl (C=O) groups is 1. The third-order valence-electron chi connectivity index (χ3n) is 1.77. The second kappa shape index (κ2) is 4.10. The molecule has 2 aromatic rings. The molecule has 1 heterocycles. The molecule has 0 fully saturated rings. The molecule has 0 unspecified atom stereocenters. The molecule has 0 aliphatic rings. The number of benzene rings is 1. The zero-order chi connectivity index (χ0) is 10.7. The summed E-state index contributed by atoms with van der Waals surface area (Å²) in [6.07, 6.45) is 3.11. The number of aromatic nitrogens is 3. The van der Waals surface area contributed by atoms with Gasteiger partial charge in [-0.15, -0.1) is 4.80 Å². The average Bonchev–Trinajstić information content (AvgIpc) is 2.70. The number of hydrogen-bond donors (Lipinski definition) is 1. The highest BCUT2D eigenvalue weighted by Gasteiger charge is 2.06. The fourth-order valence-electron chi connectivity index (χ4n) is 1.20. The van der Waals surface area contributed by atoms with Crippen LogP contribution < -0.4 is 5.32 Å². The second-order valence-electron chi connectivity index (χ2n) is 2.73.